The predicted molar refractivity (Wildman–Crippen MR) is 57.4 cm³/mol. The fourth-order valence-electron chi connectivity index (χ4n) is 1.46. The molecule has 0 aliphatic heterocycles. The van der Waals surface area contributed by atoms with Crippen LogP contribution in [0.25, 0.3) is 11.1 Å². The molecule has 2 rings (SSSR count). The Kier molecular flexibility index (Phi) is 1.97. The molecular weight excluding hydrogens is 214 g/mol. The van der Waals surface area contributed by atoms with Crippen LogP contribution in [-0.4, -0.2) is 9.13 Å². The minimum absolute atomic E-state index is 0.0766. The van der Waals surface area contributed by atoms with Crippen LogP contribution in [0.1, 0.15) is 0 Å². The zero-order valence-corrected chi connectivity index (χ0v) is 8.68. The molecule has 0 aromatic carbocycles. The molecular formula is C9H9N3O4. The molecule has 16 heavy (non-hydrogen) atoms. The molecule has 0 saturated carbocycles. The lowest BCUT2D eigenvalue weighted by Crippen LogP contribution is -2.37. The van der Waals surface area contributed by atoms with Crippen molar-refractivity contribution in [2.24, 2.45) is 14.1 Å². The molecule has 7 nitrogen and oxygen atoms in total. The number of nitrogen functional groups attached to an aromatic ring is 1. The highest BCUT2D eigenvalue weighted by Gasteiger charge is 2.12. The first-order valence-electron chi connectivity index (χ1n) is 4.43. The number of rotatable bonds is 0. The predicted octanol–water partition coefficient (Wildman–Crippen LogP) is -1.23. The highest BCUT2D eigenvalue weighted by molar-refractivity contribution is 5.74. The molecule has 0 atom stereocenters. The number of aromatic nitrogens is 2. The largest absolute Gasteiger partial charge is 0.404 e. The first-order chi connectivity index (χ1) is 7.43. The summed E-state index contributed by atoms with van der Waals surface area (Å²) in [7, 11) is 2.74. The van der Waals surface area contributed by atoms with Crippen molar-refractivity contribution >= 4 is 16.8 Å². The van der Waals surface area contributed by atoms with Crippen molar-refractivity contribution in [1.29, 1.82) is 0 Å². The van der Waals surface area contributed by atoms with Gasteiger partial charge >= 0.3 is 11.3 Å². The molecule has 0 radical (unpaired) electrons. The Bertz CT molecular complexity index is 750. The van der Waals surface area contributed by atoms with Crippen molar-refractivity contribution in [3.8, 4) is 0 Å². The smallest absolute Gasteiger partial charge is 0.360 e. The molecule has 0 unspecified atom stereocenters. The lowest BCUT2D eigenvalue weighted by Gasteiger charge is -2.05. The highest BCUT2D eigenvalue weighted by atomic mass is 16.4. The van der Waals surface area contributed by atoms with Crippen LogP contribution in [0.5, 0.6) is 0 Å². The van der Waals surface area contributed by atoms with Crippen LogP contribution in [0, 0.1) is 0 Å². The minimum Gasteiger partial charge on any atom is -0.404 e. The van der Waals surface area contributed by atoms with Crippen molar-refractivity contribution in [3.63, 3.8) is 0 Å². The monoisotopic (exact) mass is 223 g/mol. The van der Waals surface area contributed by atoms with E-state index in [1.165, 1.54) is 20.2 Å². The average molecular weight is 223 g/mol. The number of nitrogens with two attached hydrogens (primary N) is 1. The van der Waals surface area contributed by atoms with E-state index in [0.29, 0.717) is 0 Å². The second kappa shape index (κ2) is 3.09. The van der Waals surface area contributed by atoms with Gasteiger partial charge < -0.3 is 10.2 Å². The van der Waals surface area contributed by atoms with E-state index in [4.69, 9.17) is 10.2 Å². The average Bonchev–Trinajstić information content (AvgIpc) is 2.26. The first-order valence-corrected chi connectivity index (χ1v) is 4.43. The first kappa shape index (κ1) is 10.2. The summed E-state index contributed by atoms with van der Waals surface area (Å²) in [5, 5.41) is 0.0988. The zero-order valence-electron chi connectivity index (χ0n) is 8.68. The van der Waals surface area contributed by atoms with Crippen LogP contribution in [0.4, 0.5) is 5.69 Å². The molecule has 7 heteroatoms. The van der Waals surface area contributed by atoms with Crippen molar-refractivity contribution < 1.29 is 4.42 Å². The van der Waals surface area contributed by atoms with Crippen LogP contribution in [-0.2, 0) is 14.1 Å². The summed E-state index contributed by atoms with van der Waals surface area (Å²) in [6.07, 6.45) is 0. The normalized spacial score (nSPS) is 10.9. The maximum Gasteiger partial charge on any atom is 0.360 e. The number of hydrogen-bond donors (Lipinski definition) is 1. The van der Waals surface area contributed by atoms with Gasteiger partial charge in [0.2, 0.25) is 5.71 Å². The van der Waals surface area contributed by atoms with Gasteiger partial charge in [-0.05, 0) is 6.07 Å². The van der Waals surface area contributed by atoms with Crippen LogP contribution in [0.3, 0.4) is 0 Å². The molecule has 0 aliphatic rings. The zero-order chi connectivity index (χ0) is 12.0. The van der Waals surface area contributed by atoms with Gasteiger partial charge in [0.05, 0.1) is 0 Å². The van der Waals surface area contributed by atoms with E-state index in [0.717, 1.165) is 9.13 Å². The van der Waals surface area contributed by atoms with E-state index in [2.05, 4.69) is 0 Å². The highest BCUT2D eigenvalue weighted by Crippen LogP contribution is 2.06. The van der Waals surface area contributed by atoms with Gasteiger partial charge in [0.15, 0.2) is 0 Å². The maximum atomic E-state index is 11.7. The fraction of sp³-hybridized carbons (Fsp3) is 0.222. The minimum atomic E-state index is -0.768. The summed E-state index contributed by atoms with van der Waals surface area (Å²) in [5.41, 5.74) is 3.23. The Morgan fingerprint density at radius 3 is 2.44 bits per heavy atom. The quantitative estimate of drug-likeness (QED) is 0.602. The SMILES string of the molecule is Cn1c(=O)c2cc(N)c(=O)oc2n(C)c1=O. The van der Waals surface area contributed by atoms with Crippen LogP contribution in [0.2, 0.25) is 0 Å². The lowest BCUT2D eigenvalue weighted by atomic mass is 10.3. The van der Waals surface area contributed by atoms with E-state index in [1.807, 2.05) is 0 Å². The van der Waals surface area contributed by atoms with Gasteiger partial charge in [-0.2, -0.15) is 0 Å². The number of anilines is 1. The Morgan fingerprint density at radius 1 is 1.19 bits per heavy atom. The Labute approximate surface area is 88.3 Å². The third-order valence-electron chi connectivity index (χ3n) is 2.37. The van der Waals surface area contributed by atoms with Gasteiger partial charge in [-0.15, -0.1) is 0 Å². The van der Waals surface area contributed by atoms with E-state index >= 15 is 0 Å². The second-order valence-electron chi connectivity index (χ2n) is 3.41. The van der Waals surface area contributed by atoms with Crippen molar-refractivity contribution in [1.82, 2.24) is 9.13 Å². The third-order valence-corrected chi connectivity index (χ3v) is 2.37. The Morgan fingerprint density at radius 2 is 1.81 bits per heavy atom. The van der Waals surface area contributed by atoms with Crippen molar-refractivity contribution in [2.45, 2.75) is 0 Å². The molecule has 0 amide bonds. The maximum absolute atomic E-state index is 11.7. The van der Waals surface area contributed by atoms with Gasteiger partial charge in [0, 0.05) is 14.1 Å². The summed E-state index contributed by atoms with van der Waals surface area (Å²) in [6, 6.07) is 1.21. The summed E-state index contributed by atoms with van der Waals surface area (Å²) < 4.78 is 6.81. The summed E-state index contributed by atoms with van der Waals surface area (Å²) >= 11 is 0. The number of nitrogens with zero attached hydrogens (tertiary/aromatic N) is 2. The molecule has 84 valence electrons. The van der Waals surface area contributed by atoms with Gasteiger partial charge in [0.25, 0.3) is 5.56 Å². The van der Waals surface area contributed by atoms with Crippen molar-refractivity contribution in [2.75, 3.05) is 5.73 Å². The van der Waals surface area contributed by atoms with E-state index in [-0.39, 0.29) is 16.8 Å². The van der Waals surface area contributed by atoms with Crippen molar-refractivity contribution in [3.05, 3.63) is 37.3 Å². The summed E-state index contributed by atoms with van der Waals surface area (Å²) in [5.74, 6) is 0. The van der Waals surface area contributed by atoms with E-state index in [1.54, 1.807) is 0 Å². The van der Waals surface area contributed by atoms with Gasteiger partial charge in [-0.3, -0.25) is 13.9 Å². The fourth-order valence-corrected chi connectivity index (χ4v) is 1.46. The van der Waals surface area contributed by atoms with E-state index in [9.17, 15) is 14.4 Å². The Hall–Kier alpha value is -2.31. The lowest BCUT2D eigenvalue weighted by molar-refractivity contribution is 0.521. The molecule has 0 bridgehead atoms. The summed E-state index contributed by atoms with van der Waals surface area (Å²) in [4.78, 5) is 34.4. The van der Waals surface area contributed by atoms with Crippen LogP contribution in [0.15, 0.2) is 24.9 Å². The van der Waals surface area contributed by atoms with Crippen LogP contribution >= 0.6 is 0 Å². The molecule has 0 spiro atoms. The summed E-state index contributed by atoms with van der Waals surface area (Å²) in [6.45, 7) is 0. The number of hydrogen-bond acceptors (Lipinski definition) is 5. The molecule has 2 heterocycles. The molecule has 2 N–H and O–H groups in total. The standard InChI is InChI=1S/C9H9N3O4/c1-11-6(13)4-3-5(10)8(14)16-7(4)12(2)9(11)15/h3H,10H2,1-2H3. The third kappa shape index (κ3) is 1.18. The molecule has 0 aliphatic carbocycles. The molecule has 0 fully saturated rings. The van der Waals surface area contributed by atoms with Crippen LogP contribution < -0.4 is 22.6 Å². The second-order valence-corrected chi connectivity index (χ2v) is 3.41. The van der Waals surface area contributed by atoms with Gasteiger partial charge in [-0.1, -0.05) is 0 Å². The molecule has 2 aromatic rings. The number of aryl methyl sites for hydroxylation is 1. The number of fused-ring (bicyclic) bond motifs is 1. The van der Waals surface area contributed by atoms with Gasteiger partial charge in [0.1, 0.15) is 11.1 Å². The Balaban J connectivity index is 3.22. The van der Waals surface area contributed by atoms with Gasteiger partial charge in [-0.25, -0.2) is 9.59 Å². The topological polar surface area (TPSA) is 100 Å². The van der Waals surface area contributed by atoms with E-state index < -0.39 is 16.9 Å². The molecule has 0 saturated heterocycles. The molecule has 2 aromatic heterocycles.